The summed E-state index contributed by atoms with van der Waals surface area (Å²) in [5.74, 6) is -1.59. The van der Waals surface area contributed by atoms with Gasteiger partial charge in [0.05, 0.1) is 21.2 Å². The van der Waals surface area contributed by atoms with E-state index in [0.29, 0.717) is 32.7 Å². The number of hydrogen-bond donors (Lipinski definition) is 1. The molecule has 0 aliphatic rings. The molecular formula is C32H23Cl2FN2O4S. The van der Waals surface area contributed by atoms with E-state index in [-0.39, 0.29) is 11.4 Å². The van der Waals surface area contributed by atoms with Crippen LogP contribution in [0.3, 0.4) is 0 Å². The van der Waals surface area contributed by atoms with E-state index in [0.717, 1.165) is 16.7 Å². The highest BCUT2D eigenvalue weighted by molar-refractivity contribution is 7.90. The average Bonchev–Trinajstić information content (AvgIpc) is 3.33. The van der Waals surface area contributed by atoms with Gasteiger partial charge >= 0.3 is 5.97 Å². The van der Waals surface area contributed by atoms with Gasteiger partial charge in [0, 0.05) is 29.6 Å². The van der Waals surface area contributed by atoms with Crippen LogP contribution in [0.5, 0.6) is 0 Å². The zero-order valence-corrected chi connectivity index (χ0v) is 24.5. The number of aromatic carboxylic acids is 1. The maximum absolute atomic E-state index is 14.4. The van der Waals surface area contributed by atoms with E-state index in [9.17, 15) is 17.6 Å². The number of rotatable bonds is 8. The highest BCUT2D eigenvalue weighted by Crippen LogP contribution is 2.31. The molecule has 0 spiro atoms. The lowest BCUT2D eigenvalue weighted by Crippen LogP contribution is -2.04. The van der Waals surface area contributed by atoms with Gasteiger partial charge in [0.2, 0.25) is 0 Å². The summed E-state index contributed by atoms with van der Waals surface area (Å²) in [5.41, 5.74) is 3.93. The van der Waals surface area contributed by atoms with Gasteiger partial charge < -0.3 is 9.67 Å². The number of carboxylic acid groups (broad SMARTS) is 1. The minimum absolute atomic E-state index is 0.227. The lowest BCUT2D eigenvalue weighted by Gasteiger charge is -2.07. The van der Waals surface area contributed by atoms with Crippen molar-refractivity contribution in [2.75, 3.05) is 6.26 Å². The standard InChI is InChI=1S/C32H23Cl2FN2O4S/c1-42(40,41)25-4-2-3-23(16-25)22-9-5-20(6-10-22)8-14-31-36-30(26-13-11-24(33)17-28(26)34)19-37(31)18-21-7-12-27(32(38)39)29(35)15-21/h2-17,19H,18H2,1H3,(H,38,39). The molecular weight excluding hydrogens is 598 g/mol. The lowest BCUT2D eigenvalue weighted by atomic mass is 10.0. The van der Waals surface area contributed by atoms with Crippen molar-refractivity contribution in [1.82, 2.24) is 9.55 Å². The molecule has 0 atom stereocenters. The summed E-state index contributed by atoms with van der Waals surface area (Å²) >= 11 is 12.5. The van der Waals surface area contributed by atoms with Gasteiger partial charge in [0.25, 0.3) is 0 Å². The van der Waals surface area contributed by atoms with Gasteiger partial charge in [0.1, 0.15) is 11.6 Å². The SMILES string of the molecule is CS(=O)(=O)c1cccc(-c2ccc(C=Cc3nc(-c4ccc(Cl)cc4Cl)cn3Cc3ccc(C(=O)O)c(F)c3)cc2)c1. The molecule has 6 nitrogen and oxygen atoms in total. The zero-order valence-electron chi connectivity index (χ0n) is 22.1. The number of imidazole rings is 1. The molecule has 0 amide bonds. The fraction of sp³-hybridized carbons (Fsp3) is 0.0625. The van der Waals surface area contributed by atoms with Crippen LogP contribution >= 0.6 is 23.2 Å². The molecule has 0 unspecified atom stereocenters. The Bertz CT molecular complexity index is 1950. The Morgan fingerprint density at radius 2 is 1.71 bits per heavy atom. The highest BCUT2D eigenvalue weighted by Gasteiger charge is 2.15. The van der Waals surface area contributed by atoms with Gasteiger partial charge in [-0.3, -0.25) is 0 Å². The maximum Gasteiger partial charge on any atom is 0.338 e. The van der Waals surface area contributed by atoms with E-state index >= 15 is 0 Å². The zero-order chi connectivity index (χ0) is 30.0. The normalized spacial score (nSPS) is 11.7. The first-order chi connectivity index (χ1) is 20.0. The van der Waals surface area contributed by atoms with Crippen molar-refractivity contribution in [3.63, 3.8) is 0 Å². The summed E-state index contributed by atoms with van der Waals surface area (Å²) in [6.45, 7) is 0.227. The van der Waals surface area contributed by atoms with Gasteiger partial charge in [-0.1, -0.05) is 71.7 Å². The number of hydrogen-bond acceptors (Lipinski definition) is 4. The summed E-state index contributed by atoms with van der Waals surface area (Å²) in [5, 5.41) is 10.1. The molecule has 0 aliphatic carbocycles. The van der Waals surface area contributed by atoms with Crippen molar-refractivity contribution in [3.8, 4) is 22.4 Å². The summed E-state index contributed by atoms with van der Waals surface area (Å²) in [7, 11) is -3.32. The number of carboxylic acids is 1. The third-order valence-electron chi connectivity index (χ3n) is 6.56. The highest BCUT2D eigenvalue weighted by atomic mass is 35.5. The molecule has 212 valence electrons. The first-order valence-corrected chi connectivity index (χ1v) is 15.3. The first-order valence-electron chi connectivity index (χ1n) is 12.6. The van der Waals surface area contributed by atoms with Crippen LogP contribution in [-0.2, 0) is 16.4 Å². The van der Waals surface area contributed by atoms with Crippen LogP contribution in [0.4, 0.5) is 4.39 Å². The predicted molar refractivity (Wildman–Crippen MR) is 164 cm³/mol. The Kier molecular flexibility index (Phi) is 8.31. The van der Waals surface area contributed by atoms with Crippen LogP contribution in [0.15, 0.2) is 96.0 Å². The van der Waals surface area contributed by atoms with E-state index in [1.807, 2.05) is 47.1 Å². The van der Waals surface area contributed by atoms with Crippen molar-refractivity contribution in [2.24, 2.45) is 0 Å². The largest absolute Gasteiger partial charge is 0.478 e. The number of sulfone groups is 1. The third kappa shape index (κ3) is 6.62. The van der Waals surface area contributed by atoms with Crippen molar-refractivity contribution < 1.29 is 22.7 Å². The second kappa shape index (κ2) is 11.9. The van der Waals surface area contributed by atoms with Gasteiger partial charge in [-0.05, 0) is 70.8 Å². The van der Waals surface area contributed by atoms with Crippen LogP contribution in [0.25, 0.3) is 34.5 Å². The molecule has 5 rings (SSSR count). The molecule has 0 fully saturated rings. The summed E-state index contributed by atoms with van der Waals surface area (Å²) in [4.78, 5) is 16.2. The van der Waals surface area contributed by atoms with Gasteiger partial charge in [0.15, 0.2) is 9.84 Å². The minimum atomic E-state index is -3.32. The Hall–Kier alpha value is -4.24. The van der Waals surface area contributed by atoms with E-state index < -0.39 is 27.2 Å². The average molecular weight is 622 g/mol. The molecule has 1 heterocycles. The Balaban J connectivity index is 1.47. The molecule has 1 N–H and O–H groups in total. The van der Waals surface area contributed by atoms with Crippen LogP contribution < -0.4 is 0 Å². The molecule has 5 aromatic rings. The van der Waals surface area contributed by atoms with Crippen LogP contribution in [0.1, 0.15) is 27.3 Å². The van der Waals surface area contributed by atoms with Gasteiger partial charge in [-0.2, -0.15) is 0 Å². The molecule has 42 heavy (non-hydrogen) atoms. The molecule has 0 aliphatic heterocycles. The second-order valence-electron chi connectivity index (χ2n) is 9.61. The van der Waals surface area contributed by atoms with Crippen molar-refractivity contribution in [2.45, 2.75) is 11.4 Å². The number of halogens is 3. The summed E-state index contributed by atoms with van der Waals surface area (Å²) in [6, 6.07) is 23.5. The Morgan fingerprint density at radius 3 is 2.38 bits per heavy atom. The van der Waals surface area contributed by atoms with E-state index in [1.165, 1.54) is 18.4 Å². The van der Waals surface area contributed by atoms with Gasteiger partial charge in [-0.15, -0.1) is 0 Å². The maximum atomic E-state index is 14.4. The number of carbonyl (C=O) groups is 1. The molecule has 0 saturated heterocycles. The number of benzene rings is 4. The number of nitrogens with zero attached hydrogens (tertiary/aromatic N) is 2. The quantitative estimate of drug-likeness (QED) is 0.190. The molecule has 10 heteroatoms. The van der Waals surface area contributed by atoms with Crippen LogP contribution in [0.2, 0.25) is 10.0 Å². The fourth-order valence-electron chi connectivity index (χ4n) is 4.41. The van der Waals surface area contributed by atoms with E-state index in [4.69, 9.17) is 33.3 Å². The Morgan fingerprint density at radius 1 is 0.952 bits per heavy atom. The topological polar surface area (TPSA) is 89.3 Å². The Labute approximate surface area is 252 Å². The van der Waals surface area contributed by atoms with Crippen molar-refractivity contribution in [3.05, 3.63) is 130 Å². The molecule has 0 saturated carbocycles. The number of aromatic nitrogens is 2. The lowest BCUT2D eigenvalue weighted by molar-refractivity contribution is 0.0692. The monoisotopic (exact) mass is 620 g/mol. The van der Waals surface area contributed by atoms with Crippen LogP contribution in [-0.4, -0.2) is 35.3 Å². The minimum Gasteiger partial charge on any atom is -0.478 e. The molecule has 0 radical (unpaired) electrons. The van der Waals surface area contributed by atoms with E-state index in [1.54, 1.807) is 48.7 Å². The molecule has 1 aromatic heterocycles. The fourth-order valence-corrected chi connectivity index (χ4v) is 5.58. The van der Waals surface area contributed by atoms with Crippen LogP contribution in [0, 0.1) is 5.82 Å². The third-order valence-corrected chi connectivity index (χ3v) is 8.22. The van der Waals surface area contributed by atoms with Crippen molar-refractivity contribution in [1.29, 1.82) is 0 Å². The summed E-state index contributed by atoms with van der Waals surface area (Å²) < 4.78 is 40.1. The molecule has 0 bridgehead atoms. The first kappa shape index (κ1) is 29.3. The van der Waals surface area contributed by atoms with Crippen molar-refractivity contribution >= 4 is 51.2 Å². The molecule has 4 aromatic carbocycles. The second-order valence-corrected chi connectivity index (χ2v) is 12.5. The predicted octanol–water partition coefficient (Wildman–Crippen LogP) is 7.98. The van der Waals surface area contributed by atoms with E-state index in [2.05, 4.69) is 0 Å². The summed E-state index contributed by atoms with van der Waals surface area (Å²) in [6.07, 6.45) is 6.65. The smallest absolute Gasteiger partial charge is 0.338 e. The van der Waals surface area contributed by atoms with Gasteiger partial charge in [-0.25, -0.2) is 22.6 Å².